The fourth-order valence-corrected chi connectivity index (χ4v) is 4.06. The summed E-state index contributed by atoms with van der Waals surface area (Å²) in [6, 6.07) is 0. The van der Waals surface area contributed by atoms with E-state index in [1.54, 1.807) is 0 Å². The monoisotopic (exact) mass is 333 g/mol. The second-order valence-corrected chi connectivity index (χ2v) is 8.49. The van der Waals surface area contributed by atoms with E-state index < -0.39 is 10.0 Å². The summed E-state index contributed by atoms with van der Waals surface area (Å²) in [4.78, 5) is 0. The Kier molecular flexibility index (Phi) is 14.4. The van der Waals surface area contributed by atoms with Gasteiger partial charge in [0.2, 0.25) is 10.0 Å². The Morgan fingerprint density at radius 2 is 1.32 bits per heavy atom. The Labute approximate surface area is 139 Å². The molecule has 0 fully saturated rings. The van der Waals surface area contributed by atoms with E-state index in [4.69, 9.17) is 0 Å². The van der Waals surface area contributed by atoms with Crippen molar-refractivity contribution in [2.45, 2.75) is 97.8 Å². The molecule has 3 nitrogen and oxygen atoms in total. The van der Waals surface area contributed by atoms with Crippen LogP contribution in [0.1, 0.15) is 97.8 Å². The van der Waals surface area contributed by atoms with Crippen molar-refractivity contribution in [3.8, 4) is 0 Å². The van der Waals surface area contributed by atoms with Crippen LogP contribution in [0.4, 0.5) is 0 Å². The molecule has 22 heavy (non-hydrogen) atoms. The summed E-state index contributed by atoms with van der Waals surface area (Å²) in [6.45, 7) is 7.01. The minimum absolute atomic E-state index is 0.254. The maximum absolute atomic E-state index is 11.6. The normalized spacial score (nSPS) is 13.4. The lowest BCUT2D eigenvalue weighted by Crippen LogP contribution is -2.27. The van der Waals surface area contributed by atoms with Crippen molar-refractivity contribution in [1.29, 1.82) is 0 Å². The van der Waals surface area contributed by atoms with Crippen molar-refractivity contribution in [2.75, 3.05) is 12.3 Å². The van der Waals surface area contributed by atoms with Gasteiger partial charge < -0.3 is 0 Å². The van der Waals surface area contributed by atoms with E-state index in [1.807, 2.05) is 6.92 Å². The molecule has 0 aliphatic carbocycles. The van der Waals surface area contributed by atoms with Gasteiger partial charge in [0, 0.05) is 6.54 Å². The number of rotatable bonds is 16. The highest BCUT2D eigenvalue weighted by Crippen LogP contribution is 2.22. The molecule has 0 heterocycles. The molecule has 0 radical (unpaired) electrons. The van der Waals surface area contributed by atoms with Crippen molar-refractivity contribution in [3.63, 3.8) is 0 Å². The van der Waals surface area contributed by atoms with E-state index in [0.717, 1.165) is 12.3 Å². The van der Waals surface area contributed by atoms with Crippen LogP contribution in [0.2, 0.25) is 0 Å². The fraction of sp³-hybridized carbons (Fsp3) is 1.00. The van der Waals surface area contributed by atoms with E-state index in [9.17, 15) is 8.42 Å². The van der Waals surface area contributed by atoms with Gasteiger partial charge in [-0.2, -0.15) is 0 Å². The third-order valence-corrected chi connectivity index (χ3v) is 5.86. The Bertz CT molecular complexity index is 328. The summed E-state index contributed by atoms with van der Waals surface area (Å²) >= 11 is 0. The third-order valence-electron chi connectivity index (χ3n) is 4.27. The van der Waals surface area contributed by atoms with Crippen molar-refractivity contribution in [1.82, 2.24) is 4.72 Å². The first-order valence-electron chi connectivity index (χ1n) is 9.53. The number of sulfonamides is 1. The van der Waals surface area contributed by atoms with Gasteiger partial charge in [-0.1, -0.05) is 78.6 Å². The van der Waals surface area contributed by atoms with Gasteiger partial charge in [-0.3, -0.25) is 0 Å². The molecule has 0 spiro atoms. The van der Waals surface area contributed by atoms with Crippen LogP contribution in [0, 0.1) is 5.92 Å². The van der Waals surface area contributed by atoms with Gasteiger partial charge in [0.25, 0.3) is 0 Å². The minimum atomic E-state index is -3.02. The van der Waals surface area contributed by atoms with E-state index in [2.05, 4.69) is 18.6 Å². The van der Waals surface area contributed by atoms with E-state index in [0.29, 0.717) is 13.0 Å². The number of nitrogens with one attached hydrogen (secondary N) is 1. The Balaban J connectivity index is 3.88. The molecule has 4 heteroatoms. The second kappa shape index (κ2) is 14.5. The zero-order valence-electron chi connectivity index (χ0n) is 15.2. The van der Waals surface area contributed by atoms with Gasteiger partial charge in [-0.15, -0.1) is 0 Å². The van der Waals surface area contributed by atoms with Gasteiger partial charge in [-0.05, 0) is 25.2 Å². The lowest BCUT2D eigenvalue weighted by Gasteiger charge is -2.16. The topological polar surface area (TPSA) is 46.2 Å². The van der Waals surface area contributed by atoms with Gasteiger partial charge in [0.15, 0.2) is 0 Å². The predicted octanol–water partition coefficient (Wildman–Crippen LogP) is 5.26. The lowest BCUT2D eigenvalue weighted by molar-refractivity contribution is 0.378. The molecule has 0 saturated carbocycles. The standard InChI is InChI=1S/C18H39NO2S/c1-4-7-9-10-11-14-18(13-8-5-2)15-12-16-19-22(20,21)17-6-3/h18-19H,4-17H2,1-3H3. The SMILES string of the molecule is CCCCCCCC(CCCC)CCCNS(=O)(=O)CCC. The van der Waals surface area contributed by atoms with E-state index >= 15 is 0 Å². The lowest BCUT2D eigenvalue weighted by atomic mass is 9.91. The van der Waals surface area contributed by atoms with Gasteiger partial charge in [0.1, 0.15) is 0 Å². The number of hydrogen-bond donors (Lipinski definition) is 1. The highest BCUT2D eigenvalue weighted by atomic mass is 32.2. The number of hydrogen-bond acceptors (Lipinski definition) is 2. The average Bonchev–Trinajstić information content (AvgIpc) is 2.47. The molecule has 0 bridgehead atoms. The Hall–Kier alpha value is -0.0900. The first kappa shape index (κ1) is 21.9. The van der Waals surface area contributed by atoms with E-state index in [1.165, 1.54) is 64.2 Å². The maximum atomic E-state index is 11.6. The van der Waals surface area contributed by atoms with Crippen molar-refractivity contribution < 1.29 is 8.42 Å². The zero-order chi connectivity index (χ0) is 16.7. The van der Waals surface area contributed by atoms with Crippen molar-refractivity contribution >= 4 is 10.0 Å². The summed E-state index contributed by atoms with van der Waals surface area (Å²) in [5.41, 5.74) is 0. The summed E-state index contributed by atoms with van der Waals surface area (Å²) in [6.07, 6.45) is 14.8. The average molecular weight is 334 g/mol. The fourth-order valence-electron chi connectivity index (χ4n) is 2.92. The summed E-state index contributed by atoms with van der Waals surface area (Å²) in [5.74, 6) is 1.04. The van der Waals surface area contributed by atoms with Crippen LogP contribution in [0.15, 0.2) is 0 Å². The van der Waals surface area contributed by atoms with Crippen molar-refractivity contribution in [2.24, 2.45) is 5.92 Å². The third kappa shape index (κ3) is 13.6. The van der Waals surface area contributed by atoms with Gasteiger partial charge in [0.05, 0.1) is 5.75 Å². The van der Waals surface area contributed by atoms with Crippen LogP contribution < -0.4 is 4.72 Å². The van der Waals surface area contributed by atoms with Crippen LogP contribution in [-0.2, 0) is 10.0 Å². The summed E-state index contributed by atoms with van der Waals surface area (Å²) in [5, 5.41) is 0. The molecule has 0 rings (SSSR count). The molecule has 0 saturated heterocycles. The predicted molar refractivity (Wildman–Crippen MR) is 97.7 cm³/mol. The second-order valence-electron chi connectivity index (χ2n) is 6.57. The first-order valence-corrected chi connectivity index (χ1v) is 11.2. The molecular weight excluding hydrogens is 294 g/mol. The molecule has 0 aliphatic rings. The quantitative estimate of drug-likeness (QED) is 0.391. The van der Waals surface area contributed by atoms with Crippen LogP contribution in [0.3, 0.4) is 0 Å². The molecule has 1 unspecified atom stereocenters. The van der Waals surface area contributed by atoms with Crippen molar-refractivity contribution in [3.05, 3.63) is 0 Å². The summed E-state index contributed by atoms with van der Waals surface area (Å²) < 4.78 is 25.9. The van der Waals surface area contributed by atoms with Crippen LogP contribution >= 0.6 is 0 Å². The van der Waals surface area contributed by atoms with Crippen LogP contribution in [0.5, 0.6) is 0 Å². The highest BCUT2D eigenvalue weighted by Gasteiger charge is 2.10. The highest BCUT2D eigenvalue weighted by molar-refractivity contribution is 7.89. The molecule has 1 atom stereocenters. The molecule has 0 aromatic heterocycles. The molecule has 0 amide bonds. The largest absolute Gasteiger partial charge is 0.215 e. The molecule has 0 aliphatic heterocycles. The minimum Gasteiger partial charge on any atom is -0.215 e. The summed E-state index contributed by atoms with van der Waals surface area (Å²) in [7, 11) is -3.02. The maximum Gasteiger partial charge on any atom is 0.211 e. The zero-order valence-corrected chi connectivity index (χ0v) is 16.0. The Morgan fingerprint density at radius 1 is 0.727 bits per heavy atom. The smallest absolute Gasteiger partial charge is 0.211 e. The van der Waals surface area contributed by atoms with Gasteiger partial charge in [-0.25, -0.2) is 13.1 Å². The van der Waals surface area contributed by atoms with Gasteiger partial charge >= 0.3 is 0 Å². The molecule has 1 N–H and O–H groups in total. The first-order chi connectivity index (χ1) is 10.6. The number of unbranched alkanes of at least 4 members (excludes halogenated alkanes) is 5. The molecule has 0 aromatic carbocycles. The molecule has 134 valence electrons. The van der Waals surface area contributed by atoms with Crippen LogP contribution in [0.25, 0.3) is 0 Å². The van der Waals surface area contributed by atoms with E-state index in [-0.39, 0.29) is 5.75 Å². The molecule has 0 aromatic rings. The molecular formula is C18H39NO2S. The van der Waals surface area contributed by atoms with Crippen LogP contribution in [-0.4, -0.2) is 20.7 Å². The Morgan fingerprint density at radius 3 is 1.95 bits per heavy atom.